The van der Waals surface area contributed by atoms with Crippen LogP contribution in [0.1, 0.15) is 47.2 Å². The van der Waals surface area contributed by atoms with Crippen molar-refractivity contribution in [3.8, 4) is 0 Å². The van der Waals surface area contributed by atoms with E-state index in [4.69, 9.17) is 0 Å². The first-order valence-electron chi connectivity index (χ1n) is 6.98. The summed E-state index contributed by atoms with van der Waals surface area (Å²) < 4.78 is 0. The van der Waals surface area contributed by atoms with Crippen molar-refractivity contribution in [2.45, 2.75) is 53.6 Å². The van der Waals surface area contributed by atoms with Crippen molar-refractivity contribution in [2.75, 3.05) is 18.5 Å². The van der Waals surface area contributed by atoms with E-state index in [1.165, 1.54) is 5.69 Å². The molecular formula is C16H29N3. The van der Waals surface area contributed by atoms with Gasteiger partial charge in [0.05, 0.1) is 5.69 Å². The standard InChI is InChI=1S/C16H29N3/c1-15(2,3)12-19(7)14-8-9-17-13(10-14)11-18-16(4,5)6/h8-10,18H,11-12H2,1-7H3. The van der Waals surface area contributed by atoms with E-state index in [-0.39, 0.29) is 5.54 Å². The van der Waals surface area contributed by atoms with E-state index in [1.807, 2.05) is 6.20 Å². The van der Waals surface area contributed by atoms with Crippen molar-refractivity contribution in [1.29, 1.82) is 0 Å². The summed E-state index contributed by atoms with van der Waals surface area (Å²) in [6.07, 6.45) is 1.90. The first-order chi connectivity index (χ1) is 8.57. The molecule has 1 N–H and O–H groups in total. The van der Waals surface area contributed by atoms with Gasteiger partial charge in [-0.05, 0) is 38.3 Å². The van der Waals surface area contributed by atoms with Gasteiger partial charge in [-0.3, -0.25) is 4.98 Å². The highest BCUT2D eigenvalue weighted by Gasteiger charge is 2.14. The van der Waals surface area contributed by atoms with Crippen LogP contribution in [0.4, 0.5) is 5.69 Å². The monoisotopic (exact) mass is 263 g/mol. The van der Waals surface area contributed by atoms with E-state index >= 15 is 0 Å². The van der Waals surface area contributed by atoms with Crippen LogP contribution in [0.2, 0.25) is 0 Å². The summed E-state index contributed by atoms with van der Waals surface area (Å²) in [6, 6.07) is 4.25. The van der Waals surface area contributed by atoms with Gasteiger partial charge in [0.1, 0.15) is 0 Å². The highest BCUT2D eigenvalue weighted by atomic mass is 15.1. The van der Waals surface area contributed by atoms with Crippen LogP contribution in [-0.2, 0) is 6.54 Å². The Morgan fingerprint density at radius 1 is 1.16 bits per heavy atom. The summed E-state index contributed by atoms with van der Waals surface area (Å²) in [4.78, 5) is 6.73. The summed E-state index contributed by atoms with van der Waals surface area (Å²) in [5.41, 5.74) is 2.74. The Hall–Kier alpha value is -1.09. The fourth-order valence-electron chi connectivity index (χ4n) is 1.96. The summed E-state index contributed by atoms with van der Waals surface area (Å²) in [6.45, 7) is 15.1. The summed E-state index contributed by atoms with van der Waals surface area (Å²) >= 11 is 0. The highest BCUT2D eigenvalue weighted by Crippen LogP contribution is 2.20. The quantitative estimate of drug-likeness (QED) is 0.902. The van der Waals surface area contributed by atoms with Gasteiger partial charge in [0.25, 0.3) is 0 Å². The molecule has 3 heteroatoms. The SMILES string of the molecule is CN(CC(C)(C)C)c1ccnc(CNC(C)(C)C)c1. The van der Waals surface area contributed by atoms with Crippen LogP contribution < -0.4 is 10.2 Å². The van der Waals surface area contributed by atoms with Crippen molar-refractivity contribution >= 4 is 5.69 Å². The van der Waals surface area contributed by atoms with Gasteiger partial charge in [-0.25, -0.2) is 0 Å². The molecule has 3 nitrogen and oxygen atoms in total. The lowest BCUT2D eigenvalue weighted by Crippen LogP contribution is -2.35. The molecule has 0 bridgehead atoms. The predicted molar refractivity (Wildman–Crippen MR) is 83.6 cm³/mol. The van der Waals surface area contributed by atoms with Crippen molar-refractivity contribution in [2.24, 2.45) is 5.41 Å². The molecule has 0 aromatic carbocycles. The Morgan fingerprint density at radius 3 is 2.32 bits per heavy atom. The van der Waals surface area contributed by atoms with E-state index < -0.39 is 0 Å². The van der Waals surface area contributed by atoms with Gasteiger partial charge in [0, 0.05) is 37.6 Å². The molecule has 19 heavy (non-hydrogen) atoms. The second-order valence-electron chi connectivity index (χ2n) is 7.53. The number of anilines is 1. The molecule has 0 unspecified atom stereocenters. The minimum atomic E-state index is 0.120. The number of nitrogens with one attached hydrogen (secondary N) is 1. The Morgan fingerprint density at radius 2 is 1.79 bits per heavy atom. The molecule has 0 radical (unpaired) electrons. The maximum Gasteiger partial charge on any atom is 0.0562 e. The lowest BCUT2D eigenvalue weighted by Gasteiger charge is -2.28. The molecule has 0 atom stereocenters. The third-order valence-corrected chi connectivity index (χ3v) is 2.75. The zero-order valence-electron chi connectivity index (χ0n) is 13.5. The van der Waals surface area contributed by atoms with Crippen molar-refractivity contribution < 1.29 is 0 Å². The molecule has 1 heterocycles. The summed E-state index contributed by atoms with van der Waals surface area (Å²) in [5.74, 6) is 0. The Balaban J connectivity index is 2.71. The summed E-state index contributed by atoms with van der Waals surface area (Å²) in [5, 5.41) is 3.47. The number of hydrogen-bond donors (Lipinski definition) is 1. The first-order valence-corrected chi connectivity index (χ1v) is 6.98. The van der Waals surface area contributed by atoms with Crippen LogP contribution in [0.15, 0.2) is 18.3 Å². The lowest BCUT2D eigenvalue weighted by atomic mass is 9.96. The van der Waals surface area contributed by atoms with Crippen molar-refractivity contribution in [3.63, 3.8) is 0 Å². The van der Waals surface area contributed by atoms with Crippen LogP contribution in [0.3, 0.4) is 0 Å². The van der Waals surface area contributed by atoms with Gasteiger partial charge in [-0.1, -0.05) is 20.8 Å². The van der Waals surface area contributed by atoms with E-state index in [9.17, 15) is 0 Å². The predicted octanol–water partition coefficient (Wildman–Crippen LogP) is 3.45. The van der Waals surface area contributed by atoms with Gasteiger partial charge in [0.15, 0.2) is 0 Å². The van der Waals surface area contributed by atoms with Crippen LogP contribution in [-0.4, -0.2) is 24.1 Å². The number of pyridine rings is 1. The van der Waals surface area contributed by atoms with Crippen LogP contribution in [0.25, 0.3) is 0 Å². The molecule has 0 fully saturated rings. The summed E-state index contributed by atoms with van der Waals surface area (Å²) in [7, 11) is 2.14. The fraction of sp³-hybridized carbons (Fsp3) is 0.688. The number of aromatic nitrogens is 1. The second kappa shape index (κ2) is 5.91. The lowest BCUT2D eigenvalue weighted by molar-refractivity contribution is 0.417. The van der Waals surface area contributed by atoms with Gasteiger partial charge in [-0.2, -0.15) is 0 Å². The van der Waals surface area contributed by atoms with E-state index in [2.05, 4.69) is 75.9 Å². The number of rotatable bonds is 4. The molecule has 0 aliphatic carbocycles. The third kappa shape index (κ3) is 6.58. The molecular weight excluding hydrogens is 234 g/mol. The van der Waals surface area contributed by atoms with Gasteiger partial charge in [-0.15, -0.1) is 0 Å². The van der Waals surface area contributed by atoms with Crippen LogP contribution in [0.5, 0.6) is 0 Å². The maximum atomic E-state index is 4.43. The molecule has 0 amide bonds. The molecule has 1 rings (SSSR count). The largest absolute Gasteiger partial charge is 0.374 e. The minimum Gasteiger partial charge on any atom is -0.374 e. The van der Waals surface area contributed by atoms with E-state index in [1.54, 1.807) is 0 Å². The molecule has 1 aromatic heterocycles. The maximum absolute atomic E-state index is 4.43. The molecule has 0 saturated carbocycles. The van der Waals surface area contributed by atoms with E-state index in [0.29, 0.717) is 5.41 Å². The average Bonchev–Trinajstić information content (AvgIpc) is 2.23. The topological polar surface area (TPSA) is 28.2 Å². The van der Waals surface area contributed by atoms with E-state index in [0.717, 1.165) is 18.8 Å². The molecule has 0 aliphatic rings. The van der Waals surface area contributed by atoms with Gasteiger partial charge < -0.3 is 10.2 Å². The highest BCUT2D eigenvalue weighted by molar-refractivity contribution is 5.45. The van der Waals surface area contributed by atoms with Gasteiger partial charge in [0.2, 0.25) is 0 Å². The molecule has 108 valence electrons. The molecule has 1 aromatic rings. The van der Waals surface area contributed by atoms with Gasteiger partial charge >= 0.3 is 0 Å². The Bertz CT molecular complexity index is 399. The van der Waals surface area contributed by atoms with Crippen LogP contribution in [0, 0.1) is 5.41 Å². The molecule has 0 spiro atoms. The number of nitrogens with zero attached hydrogens (tertiary/aromatic N) is 2. The normalized spacial score (nSPS) is 12.6. The average molecular weight is 263 g/mol. The fourth-order valence-corrected chi connectivity index (χ4v) is 1.96. The second-order valence-corrected chi connectivity index (χ2v) is 7.53. The third-order valence-electron chi connectivity index (χ3n) is 2.75. The van der Waals surface area contributed by atoms with Crippen molar-refractivity contribution in [3.05, 3.63) is 24.0 Å². The molecule has 0 saturated heterocycles. The Labute approximate surface area is 118 Å². The zero-order valence-corrected chi connectivity index (χ0v) is 13.5. The molecule has 0 aliphatic heterocycles. The minimum absolute atomic E-state index is 0.120. The Kier molecular flexibility index (Phi) is 4.97. The zero-order chi connectivity index (χ0) is 14.7. The van der Waals surface area contributed by atoms with Crippen LogP contribution >= 0.6 is 0 Å². The smallest absolute Gasteiger partial charge is 0.0562 e. The van der Waals surface area contributed by atoms with Crippen molar-refractivity contribution in [1.82, 2.24) is 10.3 Å². The first kappa shape index (κ1) is 16.0. The number of hydrogen-bond acceptors (Lipinski definition) is 3.